The Bertz CT molecular complexity index is 1310. The number of nitrogens with zero attached hydrogens (tertiary/aromatic N) is 1. The smallest absolute Gasteiger partial charge is 0.339 e. The molecule has 0 radical (unpaired) electrons. The molecule has 0 bridgehead atoms. The molecule has 5 nitrogen and oxygen atoms in total. The number of anilines is 1. The zero-order valence-electron chi connectivity index (χ0n) is 19.2. The van der Waals surface area contributed by atoms with Gasteiger partial charge in [-0.3, -0.25) is 9.59 Å². The molecule has 0 aromatic heterocycles. The molecule has 1 aliphatic rings. The zero-order chi connectivity index (χ0) is 24.5. The largest absolute Gasteiger partial charge is 0.454 e. The van der Waals surface area contributed by atoms with Gasteiger partial charge in [0.15, 0.2) is 18.2 Å². The Morgan fingerprint density at radius 2 is 1.53 bits per heavy atom. The van der Waals surface area contributed by atoms with Crippen LogP contribution in [0.4, 0.5) is 5.69 Å². The van der Waals surface area contributed by atoms with E-state index in [-0.39, 0.29) is 28.1 Å². The van der Waals surface area contributed by atoms with Crippen molar-refractivity contribution in [2.45, 2.75) is 19.3 Å². The highest BCUT2D eigenvalue weighted by Crippen LogP contribution is 2.46. The van der Waals surface area contributed by atoms with Crippen LogP contribution >= 0.6 is 11.6 Å². The Balaban J connectivity index is 1.49. The summed E-state index contributed by atoms with van der Waals surface area (Å²) in [6, 6.07) is 20.8. The van der Waals surface area contributed by atoms with Gasteiger partial charge in [0, 0.05) is 46.1 Å². The first kappa shape index (κ1) is 23.5. The lowest BCUT2D eigenvalue weighted by molar-refractivity contribution is -0.117. The van der Waals surface area contributed by atoms with Gasteiger partial charge in [0.1, 0.15) is 0 Å². The third-order valence-electron chi connectivity index (χ3n) is 6.08. The summed E-state index contributed by atoms with van der Waals surface area (Å²) < 4.78 is 5.30. The number of para-hydroxylation sites is 1. The maximum Gasteiger partial charge on any atom is 0.339 e. The standard InChI is InChI=1S/C28H24ClNO4/c1-28(2)23-10-6-7-11-24(23)30(3)25(28)16-20(31)17-34-27(33)22-9-5-4-8-21(22)26(32)18-12-14-19(29)15-13-18/h4-16H,17H2,1-3H3. The number of ether oxygens (including phenoxy) is 1. The fourth-order valence-corrected chi connectivity index (χ4v) is 4.41. The number of benzene rings is 3. The van der Waals surface area contributed by atoms with E-state index in [2.05, 4.69) is 13.8 Å². The topological polar surface area (TPSA) is 63.7 Å². The van der Waals surface area contributed by atoms with E-state index in [1.165, 1.54) is 12.1 Å². The number of allylic oxidation sites excluding steroid dienone is 1. The molecule has 0 spiro atoms. The molecular weight excluding hydrogens is 450 g/mol. The maximum absolute atomic E-state index is 12.9. The lowest BCUT2D eigenvalue weighted by Gasteiger charge is -2.23. The van der Waals surface area contributed by atoms with E-state index in [0.717, 1.165) is 16.9 Å². The molecule has 0 saturated heterocycles. The highest BCUT2D eigenvalue weighted by atomic mass is 35.5. The van der Waals surface area contributed by atoms with Crippen LogP contribution in [0.2, 0.25) is 5.02 Å². The first-order chi connectivity index (χ1) is 16.2. The van der Waals surface area contributed by atoms with Crippen molar-refractivity contribution in [3.8, 4) is 0 Å². The van der Waals surface area contributed by atoms with E-state index in [1.807, 2.05) is 36.2 Å². The predicted molar refractivity (Wildman–Crippen MR) is 133 cm³/mol. The summed E-state index contributed by atoms with van der Waals surface area (Å²) in [5.74, 6) is -1.39. The van der Waals surface area contributed by atoms with E-state index >= 15 is 0 Å². The SMILES string of the molecule is CN1C(=CC(=O)COC(=O)c2ccccc2C(=O)c2ccc(Cl)cc2)C(C)(C)c2ccccc21. The zero-order valence-corrected chi connectivity index (χ0v) is 19.9. The van der Waals surface area contributed by atoms with Gasteiger partial charge in [-0.05, 0) is 42.0 Å². The van der Waals surface area contributed by atoms with Crippen LogP contribution < -0.4 is 4.90 Å². The quantitative estimate of drug-likeness (QED) is 0.264. The number of hydrogen-bond donors (Lipinski definition) is 0. The van der Waals surface area contributed by atoms with Crippen molar-refractivity contribution in [1.29, 1.82) is 0 Å². The third kappa shape index (κ3) is 4.39. The van der Waals surface area contributed by atoms with Crippen molar-refractivity contribution < 1.29 is 19.1 Å². The summed E-state index contributed by atoms with van der Waals surface area (Å²) >= 11 is 5.90. The molecule has 6 heteroatoms. The fourth-order valence-electron chi connectivity index (χ4n) is 4.28. The van der Waals surface area contributed by atoms with Crippen LogP contribution in [-0.4, -0.2) is 31.2 Å². The van der Waals surface area contributed by atoms with Crippen LogP contribution in [0.5, 0.6) is 0 Å². The van der Waals surface area contributed by atoms with Crippen LogP contribution in [0.3, 0.4) is 0 Å². The highest BCUT2D eigenvalue weighted by molar-refractivity contribution is 6.30. The molecular formula is C28H24ClNO4. The van der Waals surface area contributed by atoms with Crippen LogP contribution in [0, 0.1) is 0 Å². The van der Waals surface area contributed by atoms with Crippen molar-refractivity contribution in [1.82, 2.24) is 0 Å². The number of esters is 1. The summed E-state index contributed by atoms with van der Waals surface area (Å²) in [6.45, 7) is 3.68. The number of rotatable bonds is 6. The second kappa shape index (κ2) is 9.27. The van der Waals surface area contributed by atoms with Gasteiger partial charge in [0.2, 0.25) is 0 Å². The number of fused-ring (bicyclic) bond motifs is 1. The van der Waals surface area contributed by atoms with Gasteiger partial charge in [0.05, 0.1) is 5.56 Å². The minimum atomic E-state index is -0.730. The van der Waals surface area contributed by atoms with Gasteiger partial charge in [-0.1, -0.05) is 61.8 Å². The number of hydrogen-bond acceptors (Lipinski definition) is 5. The molecule has 0 N–H and O–H groups in total. The summed E-state index contributed by atoms with van der Waals surface area (Å²) in [4.78, 5) is 40.4. The normalized spacial score (nSPS) is 15.2. The van der Waals surface area contributed by atoms with Gasteiger partial charge < -0.3 is 9.64 Å². The molecule has 3 aromatic carbocycles. The maximum atomic E-state index is 12.9. The third-order valence-corrected chi connectivity index (χ3v) is 6.33. The number of ketones is 2. The van der Waals surface area contributed by atoms with Crippen LogP contribution in [0.15, 0.2) is 84.6 Å². The second-order valence-corrected chi connectivity index (χ2v) is 9.09. The highest BCUT2D eigenvalue weighted by Gasteiger charge is 2.38. The number of likely N-dealkylation sites (N-methyl/N-ethyl adjacent to an activating group) is 1. The van der Waals surface area contributed by atoms with Gasteiger partial charge in [-0.15, -0.1) is 0 Å². The molecule has 0 atom stereocenters. The van der Waals surface area contributed by atoms with Crippen LogP contribution in [0.25, 0.3) is 0 Å². The summed E-state index contributed by atoms with van der Waals surface area (Å²) in [5.41, 5.74) is 3.34. The van der Waals surface area contributed by atoms with Gasteiger partial charge in [-0.25, -0.2) is 4.79 Å². The summed E-state index contributed by atoms with van der Waals surface area (Å²) in [6.07, 6.45) is 1.53. The Labute approximate surface area is 203 Å². The second-order valence-electron chi connectivity index (χ2n) is 8.65. The molecule has 0 fully saturated rings. The van der Waals surface area contributed by atoms with Gasteiger partial charge in [-0.2, -0.15) is 0 Å². The molecule has 0 saturated carbocycles. The number of halogens is 1. The average Bonchev–Trinajstić information content (AvgIpc) is 3.03. The lowest BCUT2D eigenvalue weighted by Crippen LogP contribution is -2.25. The van der Waals surface area contributed by atoms with E-state index in [1.54, 1.807) is 42.5 Å². The number of carbonyl (C=O) groups excluding carboxylic acids is 3. The van der Waals surface area contributed by atoms with Crippen molar-refractivity contribution in [3.05, 3.63) is 112 Å². The molecule has 3 aromatic rings. The molecule has 4 rings (SSSR count). The molecule has 0 aliphatic carbocycles. The van der Waals surface area contributed by atoms with Crippen molar-refractivity contribution >= 4 is 34.8 Å². The fraction of sp³-hybridized carbons (Fsp3) is 0.179. The van der Waals surface area contributed by atoms with Crippen LogP contribution in [-0.2, 0) is 14.9 Å². The molecule has 1 heterocycles. The molecule has 0 amide bonds. The summed E-state index contributed by atoms with van der Waals surface area (Å²) in [5, 5.41) is 0.510. The van der Waals surface area contributed by atoms with Gasteiger partial charge >= 0.3 is 5.97 Å². The molecule has 1 aliphatic heterocycles. The Morgan fingerprint density at radius 1 is 0.912 bits per heavy atom. The molecule has 172 valence electrons. The summed E-state index contributed by atoms with van der Waals surface area (Å²) in [7, 11) is 1.91. The monoisotopic (exact) mass is 473 g/mol. The molecule has 34 heavy (non-hydrogen) atoms. The van der Waals surface area contributed by atoms with Crippen LogP contribution in [0.1, 0.15) is 45.7 Å². The first-order valence-corrected chi connectivity index (χ1v) is 11.2. The molecule has 0 unspecified atom stereocenters. The Morgan fingerprint density at radius 3 is 2.21 bits per heavy atom. The van der Waals surface area contributed by atoms with E-state index < -0.39 is 12.6 Å². The average molecular weight is 474 g/mol. The van der Waals surface area contributed by atoms with E-state index in [9.17, 15) is 14.4 Å². The number of carbonyl (C=O) groups is 3. The van der Waals surface area contributed by atoms with Crippen molar-refractivity contribution in [3.63, 3.8) is 0 Å². The Hall–Kier alpha value is -3.70. The minimum absolute atomic E-state index is 0.105. The van der Waals surface area contributed by atoms with E-state index in [0.29, 0.717) is 10.6 Å². The lowest BCUT2D eigenvalue weighted by atomic mass is 9.83. The predicted octanol–water partition coefficient (Wildman–Crippen LogP) is 5.61. The van der Waals surface area contributed by atoms with Crippen molar-refractivity contribution in [2.24, 2.45) is 0 Å². The van der Waals surface area contributed by atoms with Crippen molar-refractivity contribution in [2.75, 3.05) is 18.6 Å². The van der Waals surface area contributed by atoms with E-state index in [4.69, 9.17) is 16.3 Å². The van der Waals surface area contributed by atoms with Gasteiger partial charge in [0.25, 0.3) is 0 Å². The first-order valence-electron chi connectivity index (χ1n) is 10.8. The minimum Gasteiger partial charge on any atom is -0.454 e. The Kier molecular flexibility index (Phi) is 6.40.